The van der Waals surface area contributed by atoms with Gasteiger partial charge in [-0.25, -0.2) is 4.39 Å². The molecule has 0 radical (unpaired) electrons. The van der Waals surface area contributed by atoms with E-state index in [0.29, 0.717) is 13.1 Å². The fourth-order valence-corrected chi connectivity index (χ4v) is 3.04. The van der Waals surface area contributed by atoms with Crippen LogP contribution in [-0.2, 0) is 18.4 Å². The van der Waals surface area contributed by atoms with Crippen molar-refractivity contribution in [1.82, 2.24) is 14.7 Å². The van der Waals surface area contributed by atoms with Gasteiger partial charge in [0.05, 0.1) is 17.8 Å². The normalized spacial score (nSPS) is 18.8. The van der Waals surface area contributed by atoms with Gasteiger partial charge in [0.1, 0.15) is 5.82 Å². The minimum absolute atomic E-state index is 0.0296. The summed E-state index contributed by atoms with van der Waals surface area (Å²) in [5.74, 6) is -0.232. The van der Waals surface area contributed by atoms with Crippen LogP contribution in [0.5, 0.6) is 0 Å². The summed E-state index contributed by atoms with van der Waals surface area (Å²) in [5, 5.41) is 6.97. The molecule has 1 N–H and O–H groups in total. The summed E-state index contributed by atoms with van der Waals surface area (Å²) < 4.78 is 14.9. The molecule has 3 rings (SSSR count). The third-order valence-corrected chi connectivity index (χ3v) is 4.14. The molecule has 1 aromatic carbocycles. The number of hydrogen-bond donors (Lipinski definition) is 1. The Bertz CT molecular complexity index is 685. The first-order chi connectivity index (χ1) is 11.1. The second kappa shape index (κ2) is 6.91. The van der Waals surface area contributed by atoms with Crippen LogP contribution in [0.25, 0.3) is 0 Å². The number of amides is 1. The van der Waals surface area contributed by atoms with Gasteiger partial charge in [-0.2, -0.15) is 5.10 Å². The number of carbonyl (C=O) groups is 1. The minimum Gasteiger partial charge on any atom is -0.323 e. The Balaban J connectivity index is 1.58. The molecule has 6 heteroatoms. The van der Waals surface area contributed by atoms with Gasteiger partial charge in [-0.3, -0.25) is 14.4 Å². The van der Waals surface area contributed by atoms with Crippen molar-refractivity contribution in [3.8, 4) is 0 Å². The highest BCUT2D eigenvalue weighted by atomic mass is 19.1. The van der Waals surface area contributed by atoms with Crippen molar-refractivity contribution >= 4 is 11.6 Å². The van der Waals surface area contributed by atoms with Crippen LogP contribution in [0.2, 0.25) is 0 Å². The zero-order valence-corrected chi connectivity index (χ0v) is 13.2. The summed E-state index contributed by atoms with van der Waals surface area (Å²) in [7, 11) is 1.82. The molecule has 0 saturated carbocycles. The zero-order valence-electron chi connectivity index (χ0n) is 13.2. The van der Waals surface area contributed by atoms with Crippen LogP contribution < -0.4 is 5.32 Å². The third kappa shape index (κ3) is 4.16. The Morgan fingerprint density at radius 1 is 1.48 bits per heavy atom. The number of piperidine rings is 1. The maximum absolute atomic E-state index is 13.3. The van der Waals surface area contributed by atoms with Gasteiger partial charge in [-0.15, -0.1) is 0 Å². The van der Waals surface area contributed by atoms with Gasteiger partial charge >= 0.3 is 0 Å². The average Bonchev–Trinajstić information content (AvgIpc) is 2.92. The maximum atomic E-state index is 13.3. The van der Waals surface area contributed by atoms with Crippen LogP contribution >= 0.6 is 0 Å². The molecule has 1 saturated heterocycles. The van der Waals surface area contributed by atoms with Gasteiger partial charge in [0.25, 0.3) is 0 Å². The number of halogens is 1. The lowest BCUT2D eigenvalue weighted by molar-refractivity contribution is -0.121. The fraction of sp³-hybridized carbons (Fsp3) is 0.412. The third-order valence-electron chi connectivity index (χ3n) is 4.14. The van der Waals surface area contributed by atoms with Crippen molar-refractivity contribution in [2.24, 2.45) is 13.0 Å². The molecule has 0 bridgehead atoms. The number of hydrogen-bond acceptors (Lipinski definition) is 3. The Morgan fingerprint density at radius 3 is 3.09 bits per heavy atom. The molecular weight excluding hydrogens is 295 g/mol. The molecule has 1 aliphatic heterocycles. The molecule has 0 aliphatic carbocycles. The van der Waals surface area contributed by atoms with Gasteiger partial charge < -0.3 is 5.32 Å². The smallest absolute Gasteiger partial charge is 0.228 e. The highest BCUT2D eigenvalue weighted by Crippen LogP contribution is 2.20. The molecule has 1 fully saturated rings. The summed E-state index contributed by atoms with van der Waals surface area (Å²) in [4.78, 5) is 14.6. The molecule has 2 aromatic rings. The number of nitrogens with one attached hydrogen (secondary N) is 1. The average molecular weight is 316 g/mol. The van der Waals surface area contributed by atoms with Gasteiger partial charge in [0, 0.05) is 26.3 Å². The van der Waals surface area contributed by atoms with E-state index in [9.17, 15) is 9.18 Å². The maximum Gasteiger partial charge on any atom is 0.228 e. The molecule has 0 spiro atoms. The molecular formula is C17H21FN4O. The van der Waals surface area contributed by atoms with E-state index in [-0.39, 0.29) is 17.6 Å². The Hall–Kier alpha value is -2.21. The lowest BCUT2D eigenvalue weighted by atomic mass is 9.96. The number of aromatic nitrogens is 2. The van der Waals surface area contributed by atoms with E-state index < -0.39 is 0 Å². The number of rotatable bonds is 4. The van der Waals surface area contributed by atoms with E-state index in [1.807, 2.05) is 13.1 Å². The van der Waals surface area contributed by atoms with Crippen molar-refractivity contribution in [3.63, 3.8) is 0 Å². The summed E-state index contributed by atoms with van der Waals surface area (Å²) in [5.41, 5.74) is 1.66. The van der Waals surface area contributed by atoms with Crippen molar-refractivity contribution in [3.05, 3.63) is 48.0 Å². The van der Waals surface area contributed by atoms with Crippen molar-refractivity contribution in [2.45, 2.75) is 19.4 Å². The van der Waals surface area contributed by atoms with Gasteiger partial charge in [0.2, 0.25) is 5.91 Å². The highest BCUT2D eigenvalue weighted by molar-refractivity contribution is 5.92. The molecule has 0 unspecified atom stereocenters. The molecule has 1 aliphatic rings. The minimum atomic E-state index is -0.217. The summed E-state index contributed by atoms with van der Waals surface area (Å²) in [6.45, 7) is 2.31. The molecule has 1 amide bonds. The van der Waals surface area contributed by atoms with Crippen LogP contribution in [0, 0.1) is 11.7 Å². The predicted molar refractivity (Wildman–Crippen MR) is 86.2 cm³/mol. The molecule has 5 nitrogen and oxygen atoms in total. The van der Waals surface area contributed by atoms with Crippen LogP contribution in [-0.4, -0.2) is 33.7 Å². The summed E-state index contributed by atoms with van der Waals surface area (Å²) in [6.07, 6.45) is 5.28. The van der Waals surface area contributed by atoms with E-state index >= 15 is 0 Å². The molecule has 2 heterocycles. The molecule has 122 valence electrons. The van der Waals surface area contributed by atoms with E-state index in [2.05, 4.69) is 15.3 Å². The number of nitrogens with zero attached hydrogens (tertiary/aromatic N) is 3. The number of anilines is 1. The standard InChI is InChI=1S/C17H21FN4O/c1-21-12-16(9-19-21)20-17(23)14-5-3-7-22(11-14)10-13-4-2-6-15(18)8-13/h2,4,6,8-9,12,14H,3,5,7,10-11H2,1H3,(H,20,23)/t14-/m0/s1. The van der Waals surface area contributed by atoms with Crippen LogP contribution in [0.15, 0.2) is 36.7 Å². The Labute approximate surface area is 135 Å². The molecule has 1 atom stereocenters. The Morgan fingerprint density at radius 2 is 2.35 bits per heavy atom. The quantitative estimate of drug-likeness (QED) is 0.942. The second-order valence-electron chi connectivity index (χ2n) is 6.10. The first-order valence-electron chi connectivity index (χ1n) is 7.86. The zero-order chi connectivity index (χ0) is 16.2. The van der Waals surface area contributed by atoms with Crippen molar-refractivity contribution in [2.75, 3.05) is 18.4 Å². The topological polar surface area (TPSA) is 50.2 Å². The number of aryl methyl sites for hydroxylation is 1. The van der Waals surface area contributed by atoms with Crippen molar-refractivity contribution < 1.29 is 9.18 Å². The summed E-state index contributed by atoms with van der Waals surface area (Å²) >= 11 is 0. The van der Waals surface area contributed by atoms with E-state index in [0.717, 1.165) is 30.6 Å². The first-order valence-corrected chi connectivity index (χ1v) is 7.86. The van der Waals surface area contributed by atoms with Crippen molar-refractivity contribution in [1.29, 1.82) is 0 Å². The monoisotopic (exact) mass is 316 g/mol. The predicted octanol–water partition coefficient (Wildman–Crippen LogP) is 2.41. The summed E-state index contributed by atoms with van der Waals surface area (Å²) in [6, 6.07) is 6.65. The number of benzene rings is 1. The van der Waals surface area contributed by atoms with E-state index in [1.165, 1.54) is 6.07 Å². The van der Waals surface area contributed by atoms with Gasteiger partial charge in [-0.05, 0) is 37.1 Å². The number of carbonyl (C=O) groups excluding carboxylic acids is 1. The lowest BCUT2D eigenvalue weighted by Crippen LogP contribution is -2.40. The van der Waals surface area contributed by atoms with Crippen LogP contribution in [0.4, 0.5) is 10.1 Å². The molecule has 1 aromatic heterocycles. The van der Waals surface area contributed by atoms with Gasteiger partial charge in [0.15, 0.2) is 0 Å². The SMILES string of the molecule is Cn1cc(NC(=O)[C@H]2CCCN(Cc3cccc(F)c3)C2)cn1. The van der Waals surface area contributed by atoms with E-state index in [1.54, 1.807) is 29.2 Å². The first kappa shape index (κ1) is 15.7. The van der Waals surface area contributed by atoms with Crippen LogP contribution in [0.3, 0.4) is 0 Å². The molecule has 23 heavy (non-hydrogen) atoms. The second-order valence-corrected chi connectivity index (χ2v) is 6.10. The van der Waals surface area contributed by atoms with E-state index in [4.69, 9.17) is 0 Å². The van der Waals surface area contributed by atoms with Gasteiger partial charge in [-0.1, -0.05) is 12.1 Å². The number of likely N-dealkylation sites (tertiary alicyclic amines) is 1. The highest BCUT2D eigenvalue weighted by Gasteiger charge is 2.26. The lowest BCUT2D eigenvalue weighted by Gasteiger charge is -2.31. The van der Waals surface area contributed by atoms with Crippen LogP contribution in [0.1, 0.15) is 18.4 Å². The fourth-order valence-electron chi connectivity index (χ4n) is 3.04. The Kier molecular flexibility index (Phi) is 4.71. The largest absolute Gasteiger partial charge is 0.323 e.